The lowest BCUT2D eigenvalue weighted by molar-refractivity contribution is 0.129. The van der Waals surface area contributed by atoms with Crippen molar-refractivity contribution in [3.63, 3.8) is 0 Å². The largest absolute Gasteiger partial charge is 0.490 e. The SMILES string of the molecule is CCCCOCCCNCc1cc(Cl)c(OCc2ccc(C)cc2)c(OCC)c1. The Morgan fingerprint density at radius 3 is 2.41 bits per heavy atom. The molecule has 29 heavy (non-hydrogen) atoms. The molecule has 0 heterocycles. The van der Waals surface area contributed by atoms with E-state index in [0.29, 0.717) is 29.7 Å². The summed E-state index contributed by atoms with van der Waals surface area (Å²) in [5.74, 6) is 1.29. The van der Waals surface area contributed by atoms with Crippen molar-refractivity contribution in [1.29, 1.82) is 0 Å². The summed E-state index contributed by atoms with van der Waals surface area (Å²) in [6.07, 6.45) is 3.30. The lowest BCUT2D eigenvalue weighted by atomic mass is 10.1. The van der Waals surface area contributed by atoms with Gasteiger partial charge in [0, 0.05) is 19.8 Å². The van der Waals surface area contributed by atoms with Crippen LogP contribution in [0.4, 0.5) is 0 Å². The first kappa shape index (κ1) is 23.5. The number of rotatable bonds is 14. The fourth-order valence-electron chi connectivity index (χ4n) is 2.85. The van der Waals surface area contributed by atoms with Crippen LogP contribution in [0, 0.1) is 6.92 Å². The summed E-state index contributed by atoms with van der Waals surface area (Å²) in [5.41, 5.74) is 3.40. The van der Waals surface area contributed by atoms with Crippen LogP contribution in [0.1, 0.15) is 49.8 Å². The fourth-order valence-corrected chi connectivity index (χ4v) is 3.13. The Balaban J connectivity index is 1.88. The second-order valence-corrected chi connectivity index (χ2v) is 7.52. The Kier molecular flexibility index (Phi) is 10.9. The van der Waals surface area contributed by atoms with Gasteiger partial charge in [-0.15, -0.1) is 0 Å². The van der Waals surface area contributed by atoms with Gasteiger partial charge in [0.05, 0.1) is 11.6 Å². The number of nitrogens with one attached hydrogen (secondary N) is 1. The topological polar surface area (TPSA) is 39.7 Å². The molecule has 2 aromatic carbocycles. The maximum absolute atomic E-state index is 6.52. The van der Waals surface area contributed by atoms with Gasteiger partial charge < -0.3 is 19.5 Å². The summed E-state index contributed by atoms with van der Waals surface area (Å²) in [5, 5.41) is 4.01. The highest BCUT2D eigenvalue weighted by molar-refractivity contribution is 6.32. The van der Waals surface area contributed by atoms with Gasteiger partial charge in [0.1, 0.15) is 6.61 Å². The number of unbranched alkanes of at least 4 members (excludes halogenated alkanes) is 1. The molecule has 160 valence electrons. The van der Waals surface area contributed by atoms with Crippen LogP contribution >= 0.6 is 11.6 Å². The molecule has 1 N–H and O–H groups in total. The first-order valence-electron chi connectivity index (χ1n) is 10.6. The molecule has 0 bridgehead atoms. The van der Waals surface area contributed by atoms with E-state index in [1.807, 2.05) is 19.1 Å². The number of aryl methyl sites for hydroxylation is 1. The molecule has 0 amide bonds. The Hall–Kier alpha value is -1.75. The van der Waals surface area contributed by atoms with Crippen LogP contribution in [-0.4, -0.2) is 26.4 Å². The molecule has 0 saturated heterocycles. The smallest absolute Gasteiger partial charge is 0.180 e. The van der Waals surface area contributed by atoms with Crippen molar-refractivity contribution >= 4 is 11.6 Å². The Bertz CT molecular complexity index is 719. The zero-order chi connectivity index (χ0) is 20.9. The summed E-state index contributed by atoms with van der Waals surface area (Å²) in [6, 6.07) is 12.2. The average Bonchev–Trinajstić information content (AvgIpc) is 2.71. The molecule has 0 aliphatic rings. The Morgan fingerprint density at radius 1 is 0.931 bits per heavy atom. The fraction of sp³-hybridized carbons (Fsp3) is 0.500. The van der Waals surface area contributed by atoms with Gasteiger partial charge >= 0.3 is 0 Å². The zero-order valence-electron chi connectivity index (χ0n) is 17.9. The van der Waals surface area contributed by atoms with Crippen LogP contribution in [-0.2, 0) is 17.9 Å². The first-order chi connectivity index (χ1) is 14.1. The highest BCUT2D eigenvalue weighted by atomic mass is 35.5. The number of halogens is 1. The molecular weight excluding hydrogens is 386 g/mol. The third-order valence-corrected chi connectivity index (χ3v) is 4.77. The lowest BCUT2D eigenvalue weighted by Gasteiger charge is -2.16. The van der Waals surface area contributed by atoms with E-state index in [4.69, 9.17) is 25.8 Å². The Morgan fingerprint density at radius 2 is 1.69 bits per heavy atom. The highest BCUT2D eigenvalue weighted by Crippen LogP contribution is 2.37. The zero-order valence-corrected chi connectivity index (χ0v) is 18.7. The Labute approximate surface area is 180 Å². The predicted octanol–water partition coefficient (Wildman–Crippen LogP) is 5.92. The molecule has 2 aromatic rings. The van der Waals surface area contributed by atoms with Crippen LogP contribution in [0.5, 0.6) is 11.5 Å². The summed E-state index contributed by atoms with van der Waals surface area (Å²) < 4.78 is 17.4. The minimum atomic E-state index is 0.454. The highest BCUT2D eigenvalue weighted by Gasteiger charge is 2.13. The van der Waals surface area contributed by atoms with E-state index in [2.05, 4.69) is 43.4 Å². The van der Waals surface area contributed by atoms with Crippen molar-refractivity contribution in [1.82, 2.24) is 5.32 Å². The van der Waals surface area contributed by atoms with Crippen LogP contribution in [0.3, 0.4) is 0 Å². The molecule has 0 saturated carbocycles. The monoisotopic (exact) mass is 419 g/mol. The van der Waals surface area contributed by atoms with Crippen LogP contribution < -0.4 is 14.8 Å². The first-order valence-corrected chi connectivity index (χ1v) is 10.9. The number of hydrogen-bond donors (Lipinski definition) is 1. The molecule has 0 atom stereocenters. The third-order valence-electron chi connectivity index (χ3n) is 4.49. The van der Waals surface area contributed by atoms with E-state index in [0.717, 1.165) is 50.3 Å². The van der Waals surface area contributed by atoms with Crippen molar-refractivity contribution in [2.24, 2.45) is 0 Å². The molecule has 0 radical (unpaired) electrons. The minimum absolute atomic E-state index is 0.454. The van der Waals surface area contributed by atoms with E-state index >= 15 is 0 Å². The summed E-state index contributed by atoms with van der Waals surface area (Å²) in [4.78, 5) is 0. The van der Waals surface area contributed by atoms with Crippen molar-refractivity contribution < 1.29 is 14.2 Å². The van der Waals surface area contributed by atoms with Crippen molar-refractivity contribution in [2.45, 2.75) is 53.2 Å². The quantitative estimate of drug-likeness (QED) is 0.385. The second-order valence-electron chi connectivity index (χ2n) is 7.11. The van der Waals surface area contributed by atoms with Gasteiger partial charge in [-0.2, -0.15) is 0 Å². The number of ether oxygens (including phenoxy) is 3. The van der Waals surface area contributed by atoms with Crippen molar-refractivity contribution in [2.75, 3.05) is 26.4 Å². The normalized spacial score (nSPS) is 10.9. The standard InChI is InChI=1S/C24H34ClNO3/c1-4-6-13-27-14-7-12-26-17-21-15-22(25)24(23(16-21)28-5-2)29-18-20-10-8-19(3)9-11-20/h8-11,15-16,26H,4-7,12-14,17-18H2,1-3H3. The predicted molar refractivity (Wildman–Crippen MR) is 120 cm³/mol. The molecule has 0 unspecified atom stereocenters. The van der Waals surface area contributed by atoms with Gasteiger partial charge in [0.15, 0.2) is 11.5 Å². The van der Waals surface area contributed by atoms with E-state index < -0.39 is 0 Å². The summed E-state index contributed by atoms with van der Waals surface area (Å²) in [6.45, 7) is 10.5. The second kappa shape index (κ2) is 13.5. The molecule has 0 fully saturated rings. The van der Waals surface area contributed by atoms with E-state index in [9.17, 15) is 0 Å². The van der Waals surface area contributed by atoms with Crippen LogP contribution in [0.15, 0.2) is 36.4 Å². The molecule has 5 heteroatoms. The molecule has 0 aromatic heterocycles. The van der Waals surface area contributed by atoms with Gasteiger partial charge in [-0.05, 0) is 56.5 Å². The lowest BCUT2D eigenvalue weighted by Crippen LogP contribution is -2.16. The van der Waals surface area contributed by atoms with E-state index in [1.54, 1.807) is 0 Å². The van der Waals surface area contributed by atoms with Gasteiger partial charge in [0.2, 0.25) is 0 Å². The minimum Gasteiger partial charge on any atom is -0.490 e. The van der Waals surface area contributed by atoms with Gasteiger partial charge in [-0.1, -0.05) is 54.8 Å². The van der Waals surface area contributed by atoms with E-state index in [1.165, 1.54) is 12.0 Å². The molecule has 2 rings (SSSR count). The maximum Gasteiger partial charge on any atom is 0.180 e. The third kappa shape index (κ3) is 8.65. The number of hydrogen-bond acceptors (Lipinski definition) is 4. The molecule has 0 spiro atoms. The molecule has 0 aliphatic carbocycles. The van der Waals surface area contributed by atoms with Gasteiger partial charge in [-0.3, -0.25) is 0 Å². The number of benzene rings is 2. The van der Waals surface area contributed by atoms with Gasteiger partial charge in [0.25, 0.3) is 0 Å². The van der Waals surface area contributed by atoms with Crippen LogP contribution in [0.25, 0.3) is 0 Å². The van der Waals surface area contributed by atoms with Crippen molar-refractivity contribution in [3.05, 3.63) is 58.1 Å². The summed E-state index contributed by atoms with van der Waals surface area (Å²) in [7, 11) is 0. The van der Waals surface area contributed by atoms with Gasteiger partial charge in [-0.25, -0.2) is 0 Å². The maximum atomic E-state index is 6.52. The average molecular weight is 420 g/mol. The molecule has 4 nitrogen and oxygen atoms in total. The van der Waals surface area contributed by atoms with Crippen LogP contribution in [0.2, 0.25) is 5.02 Å². The summed E-state index contributed by atoms with van der Waals surface area (Å²) >= 11 is 6.52. The van der Waals surface area contributed by atoms with Crippen molar-refractivity contribution in [3.8, 4) is 11.5 Å². The molecular formula is C24H34ClNO3. The molecule has 0 aliphatic heterocycles. The van der Waals surface area contributed by atoms with E-state index in [-0.39, 0.29) is 0 Å².